The molecule has 0 aromatic carbocycles. The molecule has 1 atom stereocenters. The van der Waals surface area contributed by atoms with Crippen molar-refractivity contribution < 1.29 is 0 Å². The van der Waals surface area contributed by atoms with E-state index in [0.717, 1.165) is 19.0 Å². The van der Waals surface area contributed by atoms with Crippen LogP contribution in [0.25, 0.3) is 0 Å². The molecular formula is C14H19N3. The minimum Gasteiger partial charge on any atom is -0.295 e. The van der Waals surface area contributed by atoms with Crippen LogP contribution in [-0.2, 0) is 6.54 Å². The third-order valence-corrected chi connectivity index (χ3v) is 3.53. The SMILES string of the molecule is C[C@@H](C1CC1)N(CCC#N)Cc1ccncc1. The van der Waals surface area contributed by atoms with Gasteiger partial charge in [0.05, 0.1) is 6.07 Å². The lowest BCUT2D eigenvalue weighted by Gasteiger charge is -2.28. The van der Waals surface area contributed by atoms with Gasteiger partial charge in [0.1, 0.15) is 0 Å². The summed E-state index contributed by atoms with van der Waals surface area (Å²) in [5, 5.41) is 8.73. The van der Waals surface area contributed by atoms with E-state index in [1.165, 1.54) is 18.4 Å². The molecule has 0 bridgehead atoms. The van der Waals surface area contributed by atoms with Crippen molar-refractivity contribution in [2.75, 3.05) is 6.54 Å². The highest BCUT2D eigenvalue weighted by atomic mass is 15.2. The second-order valence-corrected chi connectivity index (χ2v) is 4.81. The normalized spacial score (nSPS) is 16.8. The van der Waals surface area contributed by atoms with Crippen molar-refractivity contribution in [3.63, 3.8) is 0 Å². The van der Waals surface area contributed by atoms with Crippen molar-refractivity contribution in [2.45, 2.75) is 38.8 Å². The first-order valence-electron chi connectivity index (χ1n) is 6.31. The predicted octanol–water partition coefficient (Wildman–Crippen LogP) is 2.60. The van der Waals surface area contributed by atoms with Gasteiger partial charge in [-0.1, -0.05) is 0 Å². The third-order valence-electron chi connectivity index (χ3n) is 3.53. The van der Waals surface area contributed by atoms with Gasteiger partial charge in [-0.3, -0.25) is 9.88 Å². The minimum atomic E-state index is 0.594. The number of nitriles is 1. The molecule has 0 unspecified atom stereocenters. The molecule has 0 amide bonds. The Bertz CT molecular complexity index is 378. The first-order valence-corrected chi connectivity index (χ1v) is 6.31. The van der Waals surface area contributed by atoms with Crippen molar-refractivity contribution in [1.29, 1.82) is 5.26 Å². The van der Waals surface area contributed by atoms with Crippen LogP contribution in [0.1, 0.15) is 31.7 Å². The summed E-state index contributed by atoms with van der Waals surface area (Å²) in [4.78, 5) is 6.46. The Morgan fingerprint density at radius 2 is 2.18 bits per heavy atom. The van der Waals surface area contributed by atoms with Gasteiger partial charge in [-0.05, 0) is 43.4 Å². The van der Waals surface area contributed by atoms with Crippen molar-refractivity contribution in [3.05, 3.63) is 30.1 Å². The molecular weight excluding hydrogens is 210 g/mol. The molecule has 1 saturated carbocycles. The van der Waals surface area contributed by atoms with Gasteiger partial charge in [0.25, 0.3) is 0 Å². The van der Waals surface area contributed by atoms with Gasteiger partial charge in [0.2, 0.25) is 0 Å². The molecule has 2 rings (SSSR count). The van der Waals surface area contributed by atoms with Gasteiger partial charge in [-0.25, -0.2) is 0 Å². The zero-order valence-electron chi connectivity index (χ0n) is 10.3. The minimum absolute atomic E-state index is 0.594. The van der Waals surface area contributed by atoms with Crippen LogP contribution in [0.2, 0.25) is 0 Å². The van der Waals surface area contributed by atoms with Gasteiger partial charge in [-0.15, -0.1) is 0 Å². The topological polar surface area (TPSA) is 39.9 Å². The van der Waals surface area contributed by atoms with E-state index < -0.39 is 0 Å². The molecule has 0 saturated heterocycles. The zero-order valence-corrected chi connectivity index (χ0v) is 10.3. The number of rotatable bonds is 6. The van der Waals surface area contributed by atoms with E-state index in [4.69, 9.17) is 5.26 Å². The van der Waals surface area contributed by atoms with Crippen molar-refractivity contribution in [2.24, 2.45) is 5.92 Å². The van der Waals surface area contributed by atoms with Crippen LogP contribution < -0.4 is 0 Å². The lowest BCUT2D eigenvalue weighted by molar-refractivity contribution is 0.185. The molecule has 1 fully saturated rings. The first kappa shape index (κ1) is 12.1. The highest BCUT2D eigenvalue weighted by Gasteiger charge is 2.31. The van der Waals surface area contributed by atoms with Crippen LogP contribution in [0.15, 0.2) is 24.5 Å². The molecule has 1 aliphatic carbocycles. The van der Waals surface area contributed by atoms with Crippen molar-refractivity contribution in [1.82, 2.24) is 9.88 Å². The first-order chi connectivity index (χ1) is 8.31. The molecule has 0 radical (unpaired) electrons. The average molecular weight is 229 g/mol. The summed E-state index contributed by atoms with van der Waals surface area (Å²) < 4.78 is 0. The molecule has 3 nitrogen and oxygen atoms in total. The molecule has 0 spiro atoms. The molecule has 0 N–H and O–H groups in total. The standard InChI is InChI=1S/C14H19N3/c1-12(14-3-4-14)17(10-2-7-15)11-13-5-8-16-9-6-13/h5-6,8-9,12,14H,2-4,10-11H2,1H3/t12-/m0/s1. The lowest BCUT2D eigenvalue weighted by Crippen LogP contribution is -2.34. The maximum absolute atomic E-state index is 8.73. The molecule has 1 aliphatic rings. The monoisotopic (exact) mass is 229 g/mol. The fraction of sp³-hybridized carbons (Fsp3) is 0.571. The maximum Gasteiger partial charge on any atom is 0.0635 e. The predicted molar refractivity (Wildman–Crippen MR) is 67.1 cm³/mol. The summed E-state index contributed by atoms with van der Waals surface area (Å²) in [6.07, 6.45) is 6.97. The Morgan fingerprint density at radius 1 is 1.47 bits per heavy atom. The van der Waals surface area contributed by atoms with Crippen LogP contribution in [0.3, 0.4) is 0 Å². The summed E-state index contributed by atoms with van der Waals surface area (Å²) in [6, 6.07) is 6.95. The number of nitrogens with zero attached hydrogens (tertiary/aromatic N) is 3. The van der Waals surface area contributed by atoms with Crippen LogP contribution in [0, 0.1) is 17.2 Å². The van der Waals surface area contributed by atoms with E-state index in [-0.39, 0.29) is 0 Å². The molecule has 1 heterocycles. The highest BCUT2D eigenvalue weighted by Crippen LogP contribution is 2.35. The molecule has 1 aromatic rings. The smallest absolute Gasteiger partial charge is 0.0635 e. The van der Waals surface area contributed by atoms with Gasteiger partial charge < -0.3 is 0 Å². The van der Waals surface area contributed by atoms with E-state index >= 15 is 0 Å². The lowest BCUT2D eigenvalue weighted by atomic mass is 10.1. The summed E-state index contributed by atoms with van der Waals surface area (Å²) in [7, 11) is 0. The van der Waals surface area contributed by atoms with E-state index in [1.807, 2.05) is 12.4 Å². The van der Waals surface area contributed by atoms with Crippen LogP contribution in [-0.4, -0.2) is 22.5 Å². The van der Waals surface area contributed by atoms with E-state index in [1.54, 1.807) is 0 Å². The fourth-order valence-corrected chi connectivity index (χ4v) is 2.22. The van der Waals surface area contributed by atoms with Crippen LogP contribution >= 0.6 is 0 Å². The van der Waals surface area contributed by atoms with Crippen molar-refractivity contribution in [3.8, 4) is 6.07 Å². The number of hydrogen-bond donors (Lipinski definition) is 0. The van der Waals surface area contributed by atoms with Gasteiger partial charge in [0.15, 0.2) is 0 Å². The molecule has 1 aromatic heterocycles. The summed E-state index contributed by atoms with van der Waals surface area (Å²) in [5.41, 5.74) is 1.28. The van der Waals surface area contributed by atoms with Gasteiger partial charge >= 0.3 is 0 Å². The Kier molecular flexibility index (Phi) is 4.11. The quantitative estimate of drug-likeness (QED) is 0.752. The van der Waals surface area contributed by atoms with E-state index in [2.05, 4.69) is 35.0 Å². The average Bonchev–Trinajstić information content (AvgIpc) is 3.19. The van der Waals surface area contributed by atoms with E-state index in [0.29, 0.717) is 12.5 Å². The fourth-order valence-electron chi connectivity index (χ4n) is 2.22. The summed E-state index contributed by atoms with van der Waals surface area (Å²) >= 11 is 0. The Hall–Kier alpha value is -1.40. The summed E-state index contributed by atoms with van der Waals surface area (Å²) in [6.45, 7) is 4.09. The van der Waals surface area contributed by atoms with Crippen LogP contribution in [0.5, 0.6) is 0 Å². The number of aromatic nitrogens is 1. The Labute approximate surface area is 103 Å². The molecule has 90 valence electrons. The number of hydrogen-bond acceptors (Lipinski definition) is 3. The summed E-state index contributed by atoms with van der Waals surface area (Å²) in [5.74, 6) is 0.843. The Balaban J connectivity index is 1.97. The van der Waals surface area contributed by atoms with Crippen LogP contribution in [0.4, 0.5) is 0 Å². The largest absolute Gasteiger partial charge is 0.295 e. The van der Waals surface area contributed by atoms with Gasteiger partial charge in [-0.2, -0.15) is 5.26 Å². The second-order valence-electron chi connectivity index (χ2n) is 4.81. The molecule has 0 aliphatic heterocycles. The zero-order chi connectivity index (χ0) is 12.1. The molecule has 3 heteroatoms. The highest BCUT2D eigenvalue weighted by molar-refractivity contribution is 5.10. The third kappa shape index (κ3) is 3.54. The number of pyridine rings is 1. The Morgan fingerprint density at radius 3 is 2.76 bits per heavy atom. The van der Waals surface area contributed by atoms with Gasteiger partial charge in [0, 0.05) is 37.9 Å². The molecule has 17 heavy (non-hydrogen) atoms. The second kappa shape index (κ2) is 5.79. The maximum atomic E-state index is 8.73. The van der Waals surface area contributed by atoms with E-state index in [9.17, 15) is 0 Å². The van der Waals surface area contributed by atoms with Crippen molar-refractivity contribution >= 4 is 0 Å².